The van der Waals surface area contributed by atoms with E-state index < -0.39 is 169 Å². The number of nitrogens with one attached hydrogen (secondary N) is 2. The largest absolute Gasteiger partial charge is 0.477 e. The maximum atomic E-state index is 13.1. The van der Waals surface area contributed by atoms with Crippen LogP contribution in [0.2, 0.25) is 0 Å². The highest BCUT2D eigenvalue weighted by Gasteiger charge is 2.59. The number of aliphatic carboxylic acids is 1. The number of phosphoric acid groups is 2. The van der Waals surface area contributed by atoms with Gasteiger partial charge < -0.3 is 96.3 Å². The van der Waals surface area contributed by atoms with Crippen molar-refractivity contribution in [2.24, 2.45) is 0 Å². The fraction of sp³-hybridized carbons (Fsp3) is 0.724. The number of anilines is 1. The van der Waals surface area contributed by atoms with Crippen molar-refractivity contribution in [3.05, 3.63) is 28.7 Å². The van der Waals surface area contributed by atoms with Crippen LogP contribution in [0.4, 0.5) is 5.69 Å². The number of rotatable bonds is 18. The molecule has 0 aromatic carbocycles. The lowest BCUT2D eigenvalue weighted by Gasteiger charge is -2.46. The summed E-state index contributed by atoms with van der Waals surface area (Å²) in [4.78, 5) is 78.8. The number of amides is 2. The van der Waals surface area contributed by atoms with E-state index in [1.165, 1.54) is 6.07 Å². The van der Waals surface area contributed by atoms with Gasteiger partial charge in [-0.1, -0.05) is 0 Å². The van der Waals surface area contributed by atoms with E-state index in [4.69, 9.17) is 38.8 Å². The highest BCUT2D eigenvalue weighted by Crippen LogP contribution is 2.51. The van der Waals surface area contributed by atoms with Crippen LogP contribution >= 0.6 is 15.6 Å². The zero-order valence-electron chi connectivity index (χ0n) is 30.7. The number of nitrogens with two attached hydrogens (primary N) is 1. The number of carboxylic acid groups (broad SMARTS) is 1. The quantitative estimate of drug-likeness (QED) is 0.0608. The number of hydrogen-bond donors (Lipinski definition) is 16. The van der Waals surface area contributed by atoms with Crippen molar-refractivity contribution in [1.29, 1.82) is 0 Å². The fourth-order valence-corrected chi connectivity index (χ4v) is 7.65. The molecule has 29 nitrogen and oxygen atoms in total. The Morgan fingerprint density at radius 1 is 0.917 bits per heavy atom. The molecule has 60 heavy (non-hydrogen) atoms. The lowest BCUT2D eigenvalue weighted by atomic mass is 9.88. The summed E-state index contributed by atoms with van der Waals surface area (Å²) in [5, 5.41) is 107. The van der Waals surface area contributed by atoms with Crippen LogP contribution in [0.15, 0.2) is 23.1 Å². The first-order chi connectivity index (χ1) is 27.8. The molecule has 31 heteroatoms. The first-order valence-corrected chi connectivity index (χ1v) is 20.5. The Hall–Kier alpha value is -3.10. The number of nitrogens with zero attached hydrogens (tertiary/aromatic N) is 1. The van der Waals surface area contributed by atoms with Crippen LogP contribution in [-0.2, 0) is 51.3 Å². The highest BCUT2D eigenvalue weighted by atomic mass is 31.2. The van der Waals surface area contributed by atoms with Gasteiger partial charge >= 0.3 is 21.6 Å². The highest BCUT2D eigenvalue weighted by molar-refractivity contribution is 7.47. The minimum absolute atomic E-state index is 0.0619. The van der Waals surface area contributed by atoms with Gasteiger partial charge in [0.25, 0.3) is 11.3 Å². The molecule has 3 aliphatic heterocycles. The van der Waals surface area contributed by atoms with Crippen molar-refractivity contribution in [2.45, 2.75) is 104 Å². The van der Waals surface area contributed by atoms with Gasteiger partial charge in [-0.2, -0.15) is 0 Å². The van der Waals surface area contributed by atoms with Gasteiger partial charge in [-0.25, -0.2) is 18.4 Å². The minimum atomic E-state index is -5.71. The zero-order chi connectivity index (χ0) is 45.1. The maximum absolute atomic E-state index is 13.1. The summed E-state index contributed by atoms with van der Waals surface area (Å²) < 4.78 is 54.9. The molecule has 1 aromatic heterocycles. The third kappa shape index (κ3) is 12.1. The molecule has 3 fully saturated rings. The van der Waals surface area contributed by atoms with E-state index >= 15 is 0 Å². The second-order valence-electron chi connectivity index (χ2n) is 13.8. The van der Waals surface area contributed by atoms with Crippen LogP contribution in [0.5, 0.6) is 0 Å². The van der Waals surface area contributed by atoms with Gasteiger partial charge in [0, 0.05) is 24.4 Å². The molecule has 0 aliphatic carbocycles. The fourth-order valence-electron chi connectivity index (χ4n) is 6.35. The number of carbonyl (C=O) groups excluding carboxylic acids is 2. The molecule has 4 rings (SSSR count). The van der Waals surface area contributed by atoms with Gasteiger partial charge in [0.2, 0.25) is 11.8 Å². The molecule has 1 aromatic rings. The standard InChI is InChI=1S/C29H46N4O25P2/c30-10-1-2-33(18(39)3-10)27-25(45)23(43)15(56-27)9-54-60(51,52)58-29(28(46)47)5-11(35)19(26(57-29)20(40)12(36)7-34)32-17(38)6-31-16(37)4-13-21(41)24(44)22(42)14(55-13)8-53-59(48,49)50/h1-3,11-15,19-27,34-36,40-45H,4-9,30H2,(H,31,37)(H,32,38)(H,46,47)(H,51,52)(H2,48,49,50)/t11?,12-,13+,14?,15?,19?,20-,21?,22+,23?,24-,25?,26?,27?,29?/m1/s1. The molecular formula is C29H46N4O25P2. The molecule has 16 atom stereocenters. The lowest BCUT2D eigenvalue weighted by Crippen LogP contribution is -2.68. The lowest BCUT2D eigenvalue weighted by molar-refractivity contribution is -0.289. The molecule has 4 heterocycles. The number of ether oxygens (including phenoxy) is 3. The summed E-state index contributed by atoms with van der Waals surface area (Å²) in [6.45, 7) is -4.28. The van der Waals surface area contributed by atoms with Gasteiger partial charge in [0.1, 0.15) is 61.0 Å². The number of aliphatic hydroxyl groups excluding tert-OH is 9. The van der Waals surface area contributed by atoms with Gasteiger partial charge in [0.15, 0.2) is 6.23 Å². The van der Waals surface area contributed by atoms with Gasteiger partial charge in [0.05, 0.1) is 51.0 Å². The van der Waals surface area contributed by atoms with Crippen molar-refractivity contribution in [3.8, 4) is 0 Å². The maximum Gasteiger partial charge on any atom is 0.475 e. The molecule has 0 saturated carbocycles. The van der Waals surface area contributed by atoms with E-state index in [1.54, 1.807) is 0 Å². The molecule has 0 bridgehead atoms. The van der Waals surface area contributed by atoms with Crippen LogP contribution in [0.25, 0.3) is 0 Å². The zero-order valence-corrected chi connectivity index (χ0v) is 32.5. The second kappa shape index (κ2) is 19.9. The summed E-state index contributed by atoms with van der Waals surface area (Å²) in [5.41, 5.74) is 4.85. The number of phosphoric ester groups is 2. The molecule has 342 valence electrons. The molecule has 0 radical (unpaired) electrons. The average molecular weight is 913 g/mol. The monoisotopic (exact) mass is 912 g/mol. The summed E-state index contributed by atoms with van der Waals surface area (Å²) in [6, 6.07) is 0.306. The number of carbonyl (C=O) groups is 3. The van der Waals surface area contributed by atoms with Crippen LogP contribution in [-0.4, -0.2) is 200 Å². The number of carboxylic acids is 1. The van der Waals surface area contributed by atoms with Crippen molar-refractivity contribution < 1.29 is 117 Å². The Morgan fingerprint density at radius 2 is 1.52 bits per heavy atom. The Bertz CT molecular complexity index is 1840. The van der Waals surface area contributed by atoms with Crippen LogP contribution in [0.1, 0.15) is 19.1 Å². The van der Waals surface area contributed by atoms with Crippen molar-refractivity contribution >= 4 is 39.1 Å². The van der Waals surface area contributed by atoms with E-state index in [0.717, 1.165) is 16.8 Å². The summed E-state index contributed by atoms with van der Waals surface area (Å²) in [5.74, 6) is -7.95. The predicted molar refractivity (Wildman–Crippen MR) is 187 cm³/mol. The van der Waals surface area contributed by atoms with Crippen LogP contribution < -0.4 is 21.9 Å². The first-order valence-electron chi connectivity index (χ1n) is 17.5. The van der Waals surface area contributed by atoms with Gasteiger partial charge in [-0.15, -0.1) is 0 Å². The SMILES string of the molecule is Nc1ccn(C2OC(COP(=O)(O)OC3(C(=O)O)CC(O)C(NC(=O)CNC(=O)C[C@@H]4OC(COP(=O)(O)O)[C@H](O)[C@H](O)C4O)C([C@H](O)[C@H](O)CO)O3)C(O)C2O)c(=O)c1. The molecule has 0 spiro atoms. The number of pyridine rings is 1. The Balaban J connectivity index is 1.41. The predicted octanol–water partition coefficient (Wildman–Crippen LogP) is -8.22. The Kier molecular flexibility index (Phi) is 16.5. The van der Waals surface area contributed by atoms with E-state index in [-0.39, 0.29) is 5.69 Å². The van der Waals surface area contributed by atoms with E-state index in [9.17, 15) is 84.3 Å². The normalized spacial score (nSPS) is 35.5. The average Bonchev–Trinajstić information content (AvgIpc) is 3.44. The molecule has 17 N–H and O–H groups in total. The van der Waals surface area contributed by atoms with E-state index in [1.807, 2.05) is 0 Å². The summed E-state index contributed by atoms with van der Waals surface area (Å²) in [7, 11) is -10.8. The number of hydrogen-bond acceptors (Lipinski definition) is 22. The molecule has 11 unspecified atom stereocenters. The van der Waals surface area contributed by atoms with Crippen LogP contribution in [0, 0.1) is 0 Å². The molecular weight excluding hydrogens is 866 g/mol. The van der Waals surface area contributed by atoms with Gasteiger partial charge in [-0.3, -0.25) is 28.0 Å². The van der Waals surface area contributed by atoms with E-state index in [2.05, 4.69) is 15.2 Å². The van der Waals surface area contributed by atoms with Crippen molar-refractivity contribution in [2.75, 3.05) is 32.1 Å². The number of aliphatic hydroxyl groups is 9. The number of nitrogen functional groups attached to an aromatic ring is 1. The summed E-state index contributed by atoms with van der Waals surface area (Å²) in [6.07, 6.45) is -26.0. The van der Waals surface area contributed by atoms with Crippen LogP contribution in [0.3, 0.4) is 0 Å². The molecule has 2 amide bonds. The van der Waals surface area contributed by atoms with Gasteiger partial charge in [-0.05, 0) is 6.07 Å². The first kappa shape index (κ1) is 49.6. The Labute approximate surface area is 336 Å². The molecule has 3 saturated heterocycles. The third-order valence-electron chi connectivity index (χ3n) is 9.44. The minimum Gasteiger partial charge on any atom is -0.477 e. The number of aromatic nitrogens is 1. The molecule has 3 aliphatic rings. The summed E-state index contributed by atoms with van der Waals surface area (Å²) >= 11 is 0. The second-order valence-corrected chi connectivity index (χ2v) is 16.4. The van der Waals surface area contributed by atoms with Crippen molar-refractivity contribution in [3.63, 3.8) is 0 Å². The smallest absolute Gasteiger partial charge is 0.475 e. The topological polar surface area (TPSA) is 476 Å². The van der Waals surface area contributed by atoms with Crippen molar-refractivity contribution in [1.82, 2.24) is 15.2 Å². The van der Waals surface area contributed by atoms with E-state index in [0.29, 0.717) is 0 Å². The Morgan fingerprint density at radius 3 is 2.12 bits per heavy atom. The third-order valence-corrected chi connectivity index (χ3v) is 10.9.